The molecule has 0 radical (unpaired) electrons. The Morgan fingerprint density at radius 3 is 2.78 bits per heavy atom. The minimum atomic E-state index is -4.34. The lowest BCUT2D eigenvalue weighted by molar-refractivity contribution is -0.139. The van der Waals surface area contributed by atoms with E-state index in [0.29, 0.717) is 28.9 Å². The number of nitrogens with zero attached hydrogens (tertiary/aromatic N) is 3. The molecule has 172 valence electrons. The van der Waals surface area contributed by atoms with Gasteiger partial charge in [-0.3, -0.25) is 14.6 Å². The zero-order valence-electron chi connectivity index (χ0n) is 17.5. The van der Waals surface area contributed by atoms with Crippen molar-refractivity contribution in [1.82, 2.24) is 20.2 Å². The SMILES string of the molecule is CCNC(=O)Cc1nccc2c1CN(C(C)c1cnc(OCCC(F)(F)F)c(Cl)c1)C2=O. The summed E-state index contributed by atoms with van der Waals surface area (Å²) in [4.78, 5) is 34.9. The van der Waals surface area contributed by atoms with E-state index in [1.807, 2.05) is 6.92 Å². The number of hydrogen-bond acceptors (Lipinski definition) is 5. The average molecular weight is 471 g/mol. The molecule has 0 saturated heterocycles. The van der Waals surface area contributed by atoms with Crippen LogP contribution in [0.15, 0.2) is 24.5 Å². The molecule has 2 amide bonds. The van der Waals surface area contributed by atoms with Crippen molar-refractivity contribution in [1.29, 1.82) is 0 Å². The molecular weight excluding hydrogens is 449 g/mol. The van der Waals surface area contributed by atoms with Crippen molar-refractivity contribution in [2.24, 2.45) is 0 Å². The Morgan fingerprint density at radius 1 is 1.38 bits per heavy atom. The number of carbonyl (C=O) groups is 2. The molecule has 7 nitrogen and oxygen atoms in total. The van der Waals surface area contributed by atoms with E-state index in [1.54, 1.807) is 17.9 Å². The Morgan fingerprint density at radius 2 is 2.12 bits per heavy atom. The van der Waals surface area contributed by atoms with Gasteiger partial charge >= 0.3 is 6.18 Å². The molecule has 1 unspecified atom stereocenters. The molecule has 0 spiro atoms. The highest BCUT2D eigenvalue weighted by molar-refractivity contribution is 6.31. The Balaban J connectivity index is 1.74. The van der Waals surface area contributed by atoms with Crippen LogP contribution in [-0.4, -0.2) is 46.0 Å². The van der Waals surface area contributed by atoms with Crippen molar-refractivity contribution in [3.8, 4) is 5.88 Å². The van der Waals surface area contributed by atoms with E-state index in [2.05, 4.69) is 15.3 Å². The van der Waals surface area contributed by atoms with E-state index < -0.39 is 25.2 Å². The van der Waals surface area contributed by atoms with Gasteiger partial charge in [0, 0.05) is 36.6 Å². The number of rotatable bonds is 8. The second-order valence-electron chi connectivity index (χ2n) is 7.29. The first-order chi connectivity index (χ1) is 15.1. The van der Waals surface area contributed by atoms with Crippen LogP contribution in [0.25, 0.3) is 0 Å². The number of halogens is 4. The summed E-state index contributed by atoms with van der Waals surface area (Å²) in [6, 6.07) is 2.71. The maximum Gasteiger partial charge on any atom is 0.392 e. The van der Waals surface area contributed by atoms with E-state index in [-0.39, 0.29) is 35.7 Å². The molecule has 0 fully saturated rings. The normalized spacial score (nSPS) is 14.3. The van der Waals surface area contributed by atoms with Crippen LogP contribution < -0.4 is 10.1 Å². The maximum atomic E-state index is 13.0. The second-order valence-corrected chi connectivity index (χ2v) is 7.70. The molecule has 32 heavy (non-hydrogen) atoms. The molecule has 1 aliphatic rings. The lowest BCUT2D eigenvalue weighted by Crippen LogP contribution is -2.27. The number of pyridine rings is 2. The van der Waals surface area contributed by atoms with Crippen molar-refractivity contribution in [2.45, 2.75) is 45.5 Å². The number of carbonyl (C=O) groups excluding carboxylic acids is 2. The largest absolute Gasteiger partial charge is 0.476 e. The van der Waals surface area contributed by atoms with Crippen molar-refractivity contribution in [3.05, 3.63) is 51.9 Å². The Labute approximate surface area is 187 Å². The van der Waals surface area contributed by atoms with Crippen molar-refractivity contribution in [2.75, 3.05) is 13.2 Å². The van der Waals surface area contributed by atoms with Gasteiger partial charge in [0.1, 0.15) is 5.02 Å². The number of hydrogen-bond donors (Lipinski definition) is 1. The molecule has 1 N–H and O–H groups in total. The van der Waals surface area contributed by atoms with Gasteiger partial charge in [0.25, 0.3) is 5.91 Å². The van der Waals surface area contributed by atoms with Gasteiger partial charge < -0.3 is 15.0 Å². The summed E-state index contributed by atoms with van der Waals surface area (Å²) in [5, 5.41) is 2.77. The number of likely N-dealkylation sites (N-methyl/N-ethyl adjacent to an activating group) is 1. The summed E-state index contributed by atoms with van der Waals surface area (Å²) in [7, 11) is 0. The van der Waals surface area contributed by atoms with Gasteiger partial charge in [0.05, 0.1) is 31.2 Å². The molecule has 0 bridgehead atoms. The van der Waals surface area contributed by atoms with Gasteiger partial charge in [-0.1, -0.05) is 11.6 Å². The number of alkyl halides is 3. The van der Waals surface area contributed by atoms with E-state index in [9.17, 15) is 22.8 Å². The maximum absolute atomic E-state index is 13.0. The number of fused-ring (bicyclic) bond motifs is 1. The molecule has 1 atom stereocenters. The fourth-order valence-electron chi connectivity index (χ4n) is 3.40. The predicted molar refractivity (Wildman–Crippen MR) is 110 cm³/mol. The molecule has 0 aliphatic carbocycles. The molecule has 11 heteroatoms. The first kappa shape index (κ1) is 23.8. The van der Waals surface area contributed by atoms with Gasteiger partial charge in [-0.25, -0.2) is 4.98 Å². The van der Waals surface area contributed by atoms with Gasteiger partial charge in [0.15, 0.2) is 0 Å². The van der Waals surface area contributed by atoms with Gasteiger partial charge in [0.2, 0.25) is 11.8 Å². The molecule has 3 rings (SSSR count). The van der Waals surface area contributed by atoms with Crippen molar-refractivity contribution in [3.63, 3.8) is 0 Å². The van der Waals surface area contributed by atoms with E-state index in [0.717, 1.165) is 0 Å². The third-order valence-corrected chi connectivity index (χ3v) is 5.34. The number of aromatic nitrogens is 2. The first-order valence-corrected chi connectivity index (χ1v) is 10.4. The highest BCUT2D eigenvalue weighted by Gasteiger charge is 2.34. The third-order valence-electron chi connectivity index (χ3n) is 5.07. The van der Waals surface area contributed by atoms with E-state index in [1.165, 1.54) is 18.5 Å². The van der Waals surface area contributed by atoms with Gasteiger partial charge in [-0.2, -0.15) is 13.2 Å². The van der Waals surface area contributed by atoms with Crippen LogP contribution in [0.2, 0.25) is 5.02 Å². The van der Waals surface area contributed by atoms with Crippen molar-refractivity contribution < 1.29 is 27.5 Å². The molecular formula is C21H22ClF3N4O3. The van der Waals surface area contributed by atoms with Gasteiger partial charge in [-0.05, 0) is 31.5 Å². The van der Waals surface area contributed by atoms with Crippen LogP contribution in [0.3, 0.4) is 0 Å². The molecule has 2 aromatic heterocycles. The Bertz CT molecular complexity index is 1020. The van der Waals surface area contributed by atoms with Crippen molar-refractivity contribution >= 4 is 23.4 Å². The predicted octanol–water partition coefficient (Wildman–Crippen LogP) is 3.86. The average Bonchev–Trinajstić information content (AvgIpc) is 3.06. The summed E-state index contributed by atoms with van der Waals surface area (Å²) in [5.74, 6) is -0.491. The fraction of sp³-hybridized carbons (Fsp3) is 0.429. The summed E-state index contributed by atoms with van der Waals surface area (Å²) >= 11 is 6.14. The lowest BCUT2D eigenvalue weighted by atomic mass is 10.1. The Kier molecular flexibility index (Phi) is 7.22. The molecule has 2 aromatic rings. The smallest absolute Gasteiger partial charge is 0.392 e. The molecule has 0 saturated carbocycles. The first-order valence-electron chi connectivity index (χ1n) is 10.00. The lowest BCUT2D eigenvalue weighted by Gasteiger charge is -2.25. The monoisotopic (exact) mass is 470 g/mol. The fourth-order valence-corrected chi connectivity index (χ4v) is 3.63. The Hall–Kier alpha value is -2.88. The zero-order chi connectivity index (χ0) is 23.5. The highest BCUT2D eigenvalue weighted by Crippen LogP contribution is 2.34. The van der Waals surface area contributed by atoms with Gasteiger partial charge in [-0.15, -0.1) is 0 Å². The van der Waals surface area contributed by atoms with Crippen LogP contribution in [0.4, 0.5) is 13.2 Å². The second kappa shape index (κ2) is 9.72. The molecule has 1 aliphatic heterocycles. The number of nitrogens with one attached hydrogen (secondary N) is 1. The molecule has 3 heterocycles. The highest BCUT2D eigenvalue weighted by atomic mass is 35.5. The van der Waals surface area contributed by atoms with E-state index >= 15 is 0 Å². The quantitative estimate of drug-likeness (QED) is 0.633. The van der Waals surface area contributed by atoms with Crippen LogP contribution in [-0.2, 0) is 17.8 Å². The topological polar surface area (TPSA) is 84.4 Å². The zero-order valence-corrected chi connectivity index (χ0v) is 18.3. The standard InChI is InChI=1S/C21H22ClF3N4O3/c1-3-26-18(30)9-17-15-11-29(20(31)14(15)4-6-27-17)12(2)13-8-16(22)19(28-10-13)32-7-5-21(23,24)25/h4,6,8,10,12H,3,5,7,9,11H2,1-2H3,(H,26,30). The summed E-state index contributed by atoms with van der Waals surface area (Å²) in [6.45, 7) is 3.78. The minimum absolute atomic E-state index is 0.0549. The minimum Gasteiger partial charge on any atom is -0.476 e. The van der Waals surface area contributed by atoms with E-state index in [4.69, 9.17) is 16.3 Å². The van der Waals surface area contributed by atoms with Crippen LogP contribution in [0, 0.1) is 0 Å². The third kappa shape index (κ3) is 5.48. The van der Waals surface area contributed by atoms with Crippen LogP contribution >= 0.6 is 11.6 Å². The van der Waals surface area contributed by atoms with Crippen LogP contribution in [0.1, 0.15) is 53.5 Å². The molecule has 0 aromatic carbocycles. The summed E-state index contributed by atoms with van der Waals surface area (Å²) in [6.07, 6.45) is -2.45. The summed E-state index contributed by atoms with van der Waals surface area (Å²) < 4.78 is 41.9. The summed E-state index contributed by atoms with van der Waals surface area (Å²) in [5.41, 5.74) is 2.32. The van der Waals surface area contributed by atoms with Crippen LogP contribution in [0.5, 0.6) is 5.88 Å². The number of amides is 2. The number of ether oxygens (including phenoxy) is 1.